The number of nitrogens with zero attached hydrogens (tertiary/aromatic N) is 2. The van der Waals surface area contributed by atoms with Crippen molar-refractivity contribution < 1.29 is 9.53 Å². The monoisotopic (exact) mass is 253 g/mol. The van der Waals surface area contributed by atoms with Crippen molar-refractivity contribution in [3.05, 3.63) is 17.5 Å². The highest BCUT2D eigenvalue weighted by Crippen LogP contribution is 2.02. The molecule has 102 valence electrons. The summed E-state index contributed by atoms with van der Waals surface area (Å²) in [7, 11) is 0. The molecule has 0 aliphatic rings. The molecule has 5 heteroatoms. The Morgan fingerprint density at radius 2 is 2.28 bits per heavy atom. The van der Waals surface area contributed by atoms with Gasteiger partial charge < -0.3 is 10.1 Å². The minimum atomic E-state index is 0.0254. The second-order valence-corrected chi connectivity index (χ2v) is 4.52. The third kappa shape index (κ3) is 4.87. The molecule has 18 heavy (non-hydrogen) atoms. The van der Waals surface area contributed by atoms with Gasteiger partial charge in [-0.2, -0.15) is 5.10 Å². The maximum atomic E-state index is 11.6. The molecule has 0 spiro atoms. The molecule has 0 aliphatic carbocycles. The summed E-state index contributed by atoms with van der Waals surface area (Å²) in [6, 6.07) is 2.10. The Labute approximate surface area is 109 Å². The van der Waals surface area contributed by atoms with Crippen molar-refractivity contribution in [1.82, 2.24) is 15.1 Å². The van der Waals surface area contributed by atoms with E-state index in [1.807, 2.05) is 38.4 Å². The molecule has 5 nitrogen and oxygen atoms in total. The Balaban J connectivity index is 2.35. The summed E-state index contributed by atoms with van der Waals surface area (Å²) in [6.45, 7) is 9.71. The lowest BCUT2D eigenvalue weighted by atomic mass is 10.3. The molecule has 1 atom stereocenters. The standard InChI is InChI=1S/C13H23N3O2/c1-5-18-7-6-13(17)14-11(3)9-16-12(4)8-10(2)15-16/h8,11H,5-7,9H2,1-4H3,(H,14,17)/t11-/m1/s1. The van der Waals surface area contributed by atoms with Gasteiger partial charge in [0, 0.05) is 24.8 Å². The van der Waals surface area contributed by atoms with Gasteiger partial charge in [0.25, 0.3) is 0 Å². The maximum absolute atomic E-state index is 11.6. The van der Waals surface area contributed by atoms with E-state index in [1.54, 1.807) is 0 Å². The zero-order valence-electron chi connectivity index (χ0n) is 11.7. The molecule has 1 aromatic heterocycles. The van der Waals surface area contributed by atoms with Gasteiger partial charge in [-0.15, -0.1) is 0 Å². The highest BCUT2D eigenvalue weighted by atomic mass is 16.5. The molecule has 0 fully saturated rings. The smallest absolute Gasteiger partial charge is 0.222 e. The van der Waals surface area contributed by atoms with Gasteiger partial charge >= 0.3 is 0 Å². The molecule has 0 aromatic carbocycles. The molecule has 1 N–H and O–H groups in total. The molecule has 1 rings (SSSR count). The van der Waals surface area contributed by atoms with Crippen LogP contribution in [0.25, 0.3) is 0 Å². The number of aromatic nitrogens is 2. The van der Waals surface area contributed by atoms with Crippen LogP contribution in [0.5, 0.6) is 0 Å². The van der Waals surface area contributed by atoms with Crippen molar-refractivity contribution in [2.24, 2.45) is 0 Å². The van der Waals surface area contributed by atoms with Crippen molar-refractivity contribution in [2.75, 3.05) is 13.2 Å². The Kier molecular flexibility index (Phi) is 5.85. The van der Waals surface area contributed by atoms with Crippen LogP contribution in [0, 0.1) is 13.8 Å². The normalized spacial score (nSPS) is 12.4. The minimum absolute atomic E-state index is 0.0254. The van der Waals surface area contributed by atoms with Gasteiger partial charge in [0.1, 0.15) is 0 Å². The maximum Gasteiger partial charge on any atom is 0.222 e. The summed E-state index contributed by atoms with van der Waals surface area (Å²) in [4.78, 5) is 11.6. The average Bonchev–Trinajstić information content (AvgIpc) is 2.57. The van der Waals surface area contributed by atoms with Crippen LogP contribution >= 0.6 is 0 Å². The fourth-order valence-electron chi connectivity index (χ4n) is 1.82. The van der Waals surface area contributed by atoms with Crippen molar-refractivity contribution in [3.8, 4) is 0 Å². The largest absolute Gasteiger partial charge is 0.381 e. The van der Waals surface area contributed by atoms with Crippen molar-refractivity contribution >= 4 is 5.91 Å². The molecule has 1 aromatic rings. The number of carbonyl (C=O) groups is 1. The number of hydrogen-bond acceptors (Lipinski definition) is 3. The van der Waals surface area contributed by atoms with Crippen LogP contribution in [0.4, 0.5) is 0 Å². The summed E-state index contributed by atoms with van der Waals surface area (Å²) in [5, 5.41) is 7.32. The van der Waals surface area contributed by atoms with E-state index in [9.17, 15) is 4.79 Å². The van der Waals surface area contributed by atoms with Crippen molar-refractivity contribution in [2.45, 2.75) is 46.7 Å². The Morgan fingerprint density at radius 3 is 2.83 bits per heavy atom. The summed E-state index contributed by atoms with van der Waals surface area (Å²) in [5.74, 6) is 0.0254. The van der Waals surface area contributed by atoms with Gasteiger partial charge in [-0.1, -0.05) is 0 Å². The predicted molar refractivity (Wildman–Crippen MR) is 70.4 cm³/mol. The van der Waals surface area contributed by atoms with E-state index < -0.39 is 0 Å². The van der Waals surface area contributed by atoms with Crippen LogP contribution in [0.3, 0.4) is 0 Å². The van der Waals surface area contributed by atoms with Crippen molar-refractivity contribution in [3.63, 3.8) is 0 Å². The minimum Gasteiger partial charge on any atom is -0.381 e. The topological polar surface area (TPSA) is 56.1 Å². The van der Waals surface area contributed by atoms with Gasteiger partial charge in [-0.3, -0.25) is 9.48 Å². The molecular formula is C13H23N3O2. The van der Waals surface area contributed by atoms with Crippen LogP contribution in [-0.4, -0.2) is 34.9 Å². The SMILES string of the molecule is CCOCCC(=O)N[C@H](C)Cn1nc(C)cc1C. The van der Waals surface area contributed by atoms with E-state index in [0.717, 1.165) is 11.4 Å². The quantitative estimate of drug-likeness (QED) is 0.748. The third-order valence-electron chi connectivity index (χ3n) is 2.64. The lowest BCUT2D eigenvalue weighted by molar-refractivity contribution is -0.122. The van der Waals surface area contributed by atoms with Gasteiger partial charge in [-0.25, -0.2) is 0 Å². The van der Waals surface area contributed by atoms with E-state index in [2.05, 4.69) is 10.4 Å². The first-order valence-electron chi connectivity index (χ1n) is 6.41. The number of hydrogen-bond donors (Lipinski definition) is 1. The number of nitrogens with one attached hydrogen (secondary N) is 1. The number of amides is 1. The van der Waals surface area contributed by atoms with Gasteiger partial charge in [-0.05, 0) is 33.8 Å². The molecule has 0 radical (unpaired) electrons. The molecule has 0 saturated heterocycles. The second kappa shape index (κ2) is 7.16. The zero-order valence-corrected chi connectivity index (χ0v) is 11.7. The molecule has 1 amide bonds. The predicted octanol–water partition coefficient (Wildman–Crippen LogP) is 1.43. The molecule has 0 saturated carbocycles. The van der Waals surface area contributed by atoms with Crippen LogP contribution in [0.2, 0.25) is 0 Å². The van der Waals surface area contributed by atoms with Crippen molar-refractivity contribution in [1.29, 1.82) is 0 Å². The van der Waals surface area contributed by atoms with Gasteiger partial charge in [0.2, 0.25) is 5.91 Å². The summed E-state index contributed by atoms with van der Waals surface area (Å²) in [5.41, 5.74) is 2.12. The second-order valence-electron chi connectivity index (χ2n) is 4.52. The number of aryl methyl sites for hydroxylation is 2. The molecule has 1 heterocycles. The van der Waals surface area contributed by atoms with Gasteiger partial charge in [0.15, 0.2) is 0 Å². The summed E-state index contributed by atoms with van der Waals surface area (Å²) < 4.78 is 7.07. The first-order chi connectivity index (χ1) is 8.52. The molecule has 0 unspecified atom stereocenters. The summed E-state index contributed by atoms with van der Waals surface area (Å²) >= 11 is 0. The first kappa shape index (κ1) is 14.7. The average molecular weight is 253 g/mol. The molecule has 0 aliphatic heterocycles. The lowest BCUT2D eigenvalue weighted by Crippen LogP contribution is -2.36. The van der Waals surface area contributed by atoms with E-state index in [1.165, 1.54) is 0 Å². The van der Waals surface area contributed by atoms with Gasteiger partial charge in [0.05, 0.1) is 18.8 Å². The zero-order chi connectivity index (χ0) is 13.5. The van der Waals surface area contributed by atoms with E-state index in [4.69, 9.17) is 4.74 Å². The van der Waals surface area contributed by atoms with Crippen LogP contribution < -0.4 is 5.32 Å². The molecule has 0 bridgehead atoms. The van der Waals surface area contributed by atoms with Crippen LogP contribution in [0.1, 0.15) is 31.7 Å². The highest BCUT2D eigenvalue weighted by molar-refractivity contribution is 5.76. The Hall–Kier alpha value is -1.36. The Bertz CT molecular complexity index is 388. The Morgan fingerprint density at radius 1 is 1.56 bits per heavy atom. The summed E-state index contributed by atoms with van der Waals surface area (Å²) in [6.07, 6.45) is 0.412. The van der Waals surface area contributed by atoms with Crippen LogP contribution in [0.15, 0.2) is 6.07 Å². The van der Waals surface area contributed by atoms with E-state index >= 15 is 0 Å². The highest BCUT2D eigenvalue weighted by Gasteiger charge is 2.09. The number of carbonyl (C=O) groups excluding carboxylic acids is 1. The number of rotatable bonds is 7. The van der Waals surface area contributed by atoms with Crippen LogP contribution in [-0.2, 0) is 16.1 Å². The molecular weight excluding hydrogens is 230 g/mol. The first-order valence-corrected chi connectivity index (χ1v) is 6.41. The van der Waals surface area contributed by atoms with E-state index in [0.29, 0.717) is 26.2 Å². The fourth-order valence-corrected chi connectivity index (χ4v) is 1.82. The lowest BCUT2D eigenvalue weighted by Gasteiger charge is -2.15. The third-order valence-corrected chi connectivity index (χ3v) is 2.64. The van der Waals surface area contributed by atoms with E-state index in [-0.39, 0.29) is 11.9 Å². The fraction of sp³-hybridized carbons (Fsp3) is 0.692. The number of ether oxygens (including phenoxy) is 1.